The maximum Gasteiger partial charge on any atom is 0.198 e. The Morgan fingerprint density at radius 1 is 1.69 bits per heavy atom. The lowest BCUT2D eigenvalue weighted by Gasteiger charge is -2.01. The topological polar surface area (TPSA) is 86.2 Å². The molecule has 1 aliphatic heterocycles. The molecule has 0 radical (unpaired) electrons. The lowest BCUT2D eigenvalue weighted by Crippen LogP contribution is -2.18. The van der Waals surface area contributed by atoms with Crippen LogP contribution in [0.3, 0.4) is 0 Å². The largest absolute Gasteiger partial charge is 0.448 e. The zero-order valence-electron chi connectivity index (χ0n) is 9.22. The van der Waals surface area contributed by atoms with Crippen molar-refractivity contribution in [2.24, 2.45) is 5.73 Å². The molecule has 90 valence electrons. The summed E-state index contributed by atoms with van der Waals surface area (Å²) in [6.45, 7) is 1.90. The van der Waals surface area contributed by atoms with E-state index in [1.165, 1.54) is 0 Å². The summed E-state index contributed by atoms with van der Waals surface area (Å²) in [5.74, 6) is 0.858. The fraction of sp³-hybridized carbons (Fsp3) is 0.700. The molecule has 2 unspecified atom stereocenters. The number of nitrogens with zero attached hydrogens (tertiary/aromatic N) is 1. The summed E-state index contributed by atoms with van der Waals surface area (Å²) in [5, 5.41) is 0. The van der Waals surface area contributed by atoms with Gasteiger partial charge in [0.15, 0.2) is 15.7 Å². The second-order valence-corrected chi connectivity index (χ2v) is 6.69. The molecule has 0 spiro atoms. The monoisotopic (exact) mass is 244 g/mol. The Kier molecular flexibility index (Phi) is 3.03. The first kappa shape index (κ1) is 11.6. The van der Waals surface area contributed by atoms with E-state index < -0.39 is 9.84 Å². The van der Waals surface area contributed by atoms with Crippen LogP contribution in [0.5, 0.6) is 0 Å². The molecular formula is C10H16N2O3S. The summed E-state index contributed by atoms with van der Waals surface area (Å²) in [6.07, 6.45) is 2.84. The van der Waals surface area contributed by atoms with E-state index in [2.05, 4.69) is 4.98 Å². The molecule has 2 atom stereocenters. The minimum absolute atomic E-state index is 0.0326. The molecule has 1 aliphatic rings. The molecule has 0 amide bonds. The zero-order valence-corrected chi connectivity index (χ0v) is 10.0. The number of sulfone groups is 1. The van der Waals surface area contributed by atoms with Crippen molar-refractivity contribution in [3.63, 3.8) is 0 Å². The van der Waals surface area contributed by atoms with Crippen molar-refractivity contribution in [3.05, 3.63) is 17.8 Å². The Bertz CT molecular complexity index is 464. The van der Waals surface area contributed by atoms with Crippen molar-refractivity contribution in [1.82, 2.24) is 4.98 Å². The van der Waals surface area contributed by atoms with Gasteiger partial charge in [-0.15, -0.1) is 0 Å². The van der Waals surface area contributed by atoms with Crippen LogP contribution in [-0.4, -0.2) is 30.9 Å². The van der Waals surface area contributed by atoms with E-state index in [1.807, 2.05) is 6.92 Å². The highest BCUT2D eigenvalue weighted by Crippen LogP contribution is 2.28. The zero-order chi connectivity index (χ0) is 11.8. The first-order valence-corrected chi connectivity index (χ1v) is 7.19. The molecule has 6 heteroatoms. The first-order valence-electron chi connectivity index (χ1n) is 5.36. The standard InChI is InChI=1S/C10H16N2O3S/c1-7(11)4-9-5-15-10(12-9)8-2-3-16(13,14)6-8/h5,7-8H,2-4,6,11H2,1H3. The van der Waals surface area contributed by atoms with Crippen LogP contribution in [0.25, 0.3) is 0 Å². The number of aromatic nitrogens is 1. The minimum atomic E-state index is -2.88. The molecule has 16 heavy (non-hydrogen) atoms. The normalized spacial score (nSPS) is 25.8. The summed E-state index contributed by atoms with van der Waals surface area (Å²) >= 11 is 0. The van der Waals surface area contributed by atoms with E-state index in [0.717, 1.165) is 5.69 Å². The molecule has 5 nitrogen and oxygen atoms in total. The molecule has 2 heterocycles. The van der Waals surface area contributed by atoms with E-state index in [0.29, 0.717) is 18.7 Å². The highest BCUT2D eigenvalue weighted by Gasteiger charge is 2.32. The van der Waals surface area contributed by atoms with Crippen LogP contribution in [0.4, 0.5) is 0 Å². The lowest BCUT2D eigenvalue weighted by molar-refractivity contribution is 0.460. The van der Waals surface area contributed by atoms with E-state index in [9.17, 15) is 8.42 Å². The second kappa shape index (κ2) is 4.18. The molecule has 2 rings (SSSR count). The summed E-state index contributed by atoms with van der Waals surface area (Å²) in [4.78, 5) is 4.29. The number of hydrogen-bond acceptors (Lipinski definition) is 5. The number of oxazole rings is 1. The van der Waals surface area contributed by atoms with Crippen molar-refractivity contribution in [2.75, 3.05) is 11.5 Å². The molecule has 0 saturated carbocycles. The van der Waals surface area contributed by atoms with Crippen molar-refractivity contribution >= 4 is 9.84 Å². The van der Waals surface area contributed by atoms with Crippen molar-refractivity contribution in [3.8, 4) is 0 Å². The fourth-order valence-corrected chi connectivity index (χ4v) is 3.66. The van der Waals surface area contributed by atoms with Gasteiger partial charge < -0.3 is 10.2 Å². The molecule has 0 aliphatic carbocycles. The SMILES string of the molecule is CC(N)Cc1coc(C2CCS(=O)(=O)C2)n1. The van der Waals surface area contributed by atoms with Crippen molar-refractivity contribution < 1.29 is 12.8 Å². The van der Waals surface area contributed by atoms with Gasteiger partial charge in [-0.3, -0.25) is 0 Å². The van der Waals surface area contributed by atoms with Crippen LogP contribution in [0, 0.1) is 0 Å². The molecule has 1 aromatic rings. The average Bonchev–Trinajstić information content (AvgIpc) is 2.71. The summed E-state index contributed by atoms with van der Waals surface area (Å²) < 4.78 is 27.9. The summed E-state index contributed by atoms with van der Waals surface area (Å²) in [6, 6.07) is 0.0326. The van der Waals surface area contributed by atoms with Gasteiger partial charge in [-0.25, -0.2) is 13.4 Å². The van der Waals surface area contributed by atoms with E-state index in [4.69, 9.17) is 10.2 Å². The first-order chi connectivity index (χ1) is 7.46. The Morgan fingerprint density at radius 3 is 3.00 bits per heavy atom. The van der Waals surface area contributed by atoms with E-state index in [-0.39, 0.29) is 23.5 Å². The molecule has 0 aromatic carbocycles. The Labute approximate surface area is 95.0 Å². The predicted octanol–water partition coefficient (Wildman–Crippen LogP) is 0.466. The second-order valence-electron chi connectivity index (χ2n) is 4.46. The van der Waals surface area contributed by atoms with Gasteiger partial charge in [0.25, 0.3) is 0 Å². The van der Waals surface area contributed by atoms with Gasteiger partial charge in [-0.1, -0.05) is 0 Å². The van der Waals surface area contributed by atoms with E-state index in [1.54, 1.807) is 6.26 Å². The fourth-order valence-electron chi connectivity index (χ4n) is 1.92. The molecule has 2 N–H and O–H groups in total. The third-order valence-electron chi connectivity index (χ3n) is 2.68. The third-order valence-corrected chi connectivity index (χ3v) is 4.45. The van der Waals surface area contributed by atoms with Crippen LogP contribution < -0.4 is 5.73 Å². The maximum atomic E-state index is 11.3. The molecular weight excluding hydrogens is 228 g/mol. The molecule has 1 aromatic heterocycles. The Morgan fingerprint density at radius 2 is 2.44 bits per heavy atom. The van der Waals surface area contributed by atoms with Crippen LogP contribution in [0.15, 0.2) is 10.7 Å². The van der Waals surface area contributed by atoms with Gasteiger partial charge in [0.1, 0.15) is 6.26 Å². The molecule has 0 bridgehead atoms. The smallest absolute Gasteiger partial charge is 0.198 e. The van der Waals surface area contributed by atoms with Crippen LogP contribution in [0.1, 0.15) is 30.8 Å². The molecule has 1 fully saturated rings. The number of rotatable bonds is 3. The highest BCUT2D eigenvalue weighted by molar-refractivity contribution is 7.91. The molecule has 1 saturated heterocycles. The van der Waals surface area contributed by atoms with Gasteiger partial charge in [-0.05, 0) is 13.3 Å². The predicted molar refractivity (Wildman–Crippen MR) is 59.9 cm³/mol. The van der Waals surface area contributed by atoms with Gasteiger partial charge in [0.2, 0.25) is 0 Å². The van der Waals surface area contributed by atoms with Gasteiger partial charge in [-0.2, -0.15) is 0 Å². The van der Waals surface area contributed by atoms with Gasteiger partial charge in [0.05, 0.1) is 23.1 Å². The summed E-state index contributed by atoms with van der Waals surface area (Å²) in [5.41, 5.74) is 6.45. The highest BCUT2D eigenvalue weighted by atomic mass is 32.2. The summed E-state index contributed by atoms with van der Waals surface area (Å²) in [7, 11) is -2.88. The third kappa shape index (κ3) is 2.62. The van der Waals surface area contributed by atoms with Crippen LogP contribution in [0.2, 0.25) is 0 Å². The van der Waals surface area contributed by atoms with Crippen molar-refractivity contribution in [1.29, 1.82) is 0 Å². The average molecular weight is 244 g/mol. The van der Waals surface area contributed by atoms with E-state index >= 15 is 0 Å². The Balaban J connectivity index is 2.08. The van der Waals surface area contributed by atoms with Crippen LogP contribution >= 0.6 is 0 Å². The van der Waals surface area contributed by atoms with Gasteiger partial charge in [0, 0.05) is 12.5 Å². The minimum Gasteiger partial charge on any atom is -0.448 e. The number of hydrogen-bond donors (Lipinski definition) is 1. The lowest BCUT2D eigenvalue weighted by atomic mass is 10.1. The van der Waals surface area contributed by atoms with Crippen molar-refractivity contribution in [2.45, 2.75) is 31.7 Å². The van der Waals surface area contributed by atoms with Gasteiger partial charge >= 0.3 is 0 Å². The Hall–Kier alpha value is -0.880. The quantitative estimate of drug-likeness (QED) is 0.835. The number of nitrogens with two attached hydrogens (primary N) is 1. The van der Waals surface area contributed by atoms with Crippen LogP contribution in [-0.2, 0) is 16.3 Å². The maximum absolute atomic E-state index is 11.3.